The van der Waals surface area contributed by atoms with E-state index >= 15 is 0 Å². The number of hydrogen-bond acceptors (Lipinski definition) is 0. The molecule has 0 aromatic heterocycles. The summed E-state index contributed by atoms with van der Waals surface area (Å²) < 4.78 is 0. The van der Waals surface area contributed by atoms with Crippen LogP contribution in [-0.2, 0) is 10.8 Å². The lowest BCUT2D eigenvalue weighted by Gasteiger charge is -2.38. The fourth-order valence-corrected chi connectivity index (χ4v) is 18.5. The molecule has 0 spiro atoms. The normalized spacial score (nSPS) is 15.9. The highest BCUT2D eigenvalue weighted by atomic mass is 14.5. The van der Waals surface area contributed by atoms with Crippen molar-refractivity contribution in [3.63, 3.8) is 0 Å². The average molecular weight is 877 g/mol. The van der Waals surface area contributed by atoms with Crippen LogP contribution in [0.3, 0.4) is 0 Å². The van der Waals surface area contributed by atoms with E-state index in [9.17, 15) is 0 Å². The fraction of sp³-hybridized carbons (Fsp3) is 0.324. The monoisotopic (exact) mass is 876 g/mol. The van der Waals surface area contributed by atoms with Gasteiger partial charge in [0.2, 0.25) is 0 Å². The Balaban J connectivity index is 1.44. The topological polar surface area (TPSA) is 0 Å². The Kier molecular flexibility index (Phi) is 6.07. The second-order valence-electron chi connectivity index (χ2n) is 24.5. The summed E-state index contributed by atoms with van der Waals surface area (Å²) in [6.45, 7) is 50.0. The molecule has 0 radical (unpaired) electrons. The first-order chi connectivity index (χ1) is 32.1. The van der Waals surface area contributed by atoms with Gasteiger partial charge >= 0.3 is 0 Å². The van der Waals surface area contributed by atoms with Crippen LogP contribution in [0.15, 0.2) is 0 Å². The Morgan fingerprint density at radius 3 is 0.588 bits per heavy atom. The van der Waals surface area contributed by atoms with Crippen LogP contribution >= 0.6 is 0 Å². The van der Waals surface area contributed by atoms with Crippen LogP contribution in [0.1, 0.15) is 128 Å². The van der Waals surface area contributed by atoms with Crippen LogP contribution < -0.4 is 0 Å². The third-order valence-corrected chi connectivity index (χ3v) is 22.1. The molecular weight excluding hydrogens is 817 g/mol. The van der Waals surface area contributed by atoms with Crippen molar-refractivity contribution in [1.29, 1.82) is 0 Å². The predicted octanol–water partition coefficient (Wildman–Crippen LogP) is 19.8. The first-order valence-electron chi connectivity index (χ1n) is 25.8. The molecule has 0 bridgehead atoms. The van der Waals surface area contributed by atoms with Crippen molar-refractivity contribution in [2.45, 2.75) is 149 Å². The lowest BCUT2D eigenvalue weighted by atomic mass is 9.64. The maximum atomic E-state index is 2.62. The number of hydrogen-bond donors (Lipinski definition) is 0. The van der Waals surface area contributed by atoms with Gasteiger partial charge in [-0.1, -0.05) is 27.7 Å². The summed E-state index contributed by atoms with van der Waals surface area (Å²) in [7, 11) is 0. The maximum Gasteiger partial charge on any atom is 0.0000805 e. The lowest BCUT2D eigenvalue weighted by molar-refractivity contribution is 0.323. The van der Waals surface area contributed by atoms with E-state index < -0.39 is 0 Å². The van der Waals surface area contributed by atoms with Gasteiger partial charge in [0.25, 0.3) is 0 Å². The summed E-state index contributed by atoms with van der Waals surface area (Å²) in [5.74, 6) is 0. The molecule has 0 nitrogen and oxygen atoms in total. The zero-order chi connectivity index (χ0) is 47.6. The molecule has 16 rings (SSSR count). The van der Waals surface area contributed by atoms with Gasteiger partial charge in [0.05, 0.1) is 0 Å². The van der Waals surface area contributed by atoms with E-state index in [4.69, 9.17) is 0 Å². The molecule has 68 heavy (non-hydrogen) atoms. The summed E-state index contributed by atoms with van der Waals surface area (Å²) in [5.41, 5.74) is 26.4. The van der Waals surface area contributed by atoms with Crippen LogP contribution in [-0.4, -0.2) is 0 Å². The van der Waals surface area contributed by atoms with Gasteiger partial charge in [0.1, 0.15) is 0 Å². The van der Waals surface area contributed by atoms with E-state index in [0.29, 0.717) is 0 Å². The minimum absolute atomic E-state index is 0.114. The third-order valence-electron chi connectivity index (χ3n) is 22.1. The Morgan fingerprint density at radius 1 is 0.132 bits per heavy atom. The summed E-state index contributed by atoms with van der Waals surface area (Å²) in [5, 5.41) is 42.8. The number of aryl methyl sites for hydroxylation is 14. The molecule has 332 valence electrons. The summed E-state index contributed by atoms with van der Waals surface area (Å²) in [6.07, 6.45) is 0. The van der Waals surface area contributed by atoms with Crippen molar-refractivity contribution >= 4 is 151 Å². The molecule has 0 fully saturated rings. The van der Waals surface area contributed by atoms with E-state index in [1.165, 1.54) is 186 Å². The van der Waals surface area contributed by atoms with Gasteiger partial charge < -0.3 is 0 Å². The van der Waals surface area contributed by atoms with Crippen LogP contribution in [0.25, 0.3) is 151 Å². The summed E-state index contributed by atoms with van der Waals surface area (Å²) >= 11 is 0. The zero-order valence-corrected chi connectivity index (χ0v) is 44.0. The molecule has 0 saturated carbocycles. The van der Waals surface area contributed by atoms with Crippen molar-refractivity contribution in [3.8, 4) is 0 Å². The van der Waals surface area contributed by atoms with Crippen molar-refractivity contribution < 1.29 is 0 Å². The third kappa shape index (κ3) is 3.21. The first-order valence-corrected chi connectivity index (χ1v) is 25.8. The van der Waals surface area contributed by atoms with E-state index in [2.05, 4.69) is 138 Å². The molecule has 0 unspecified atom stereocenters. The van der Waals surface area contributed by atoms with Crippen LogP contribution in [0, 0.1) is 111 Å². The Labute approximate surface area is 398 Å². The SMILES string of the molecule is Cc1c(C)c2c(C)c3c(C)c4c5c(c6c(C)c7c(C)c8c(C)c(C)c(C)c9c(C)c%10c(C)c(C)c%11c(C)c%12c(C)c%13c(C)c(c1C)c2c1c3c5c2c6c3c7c(c98)c%10c%11c3c%12c2c%131)C(C)(C)C4(C)C. The minimum atomic E-state index is -0.142. The van der Waals surface area contributed by atoms with Gasteiger partial charge in [-0.25, -0.2) is 0 Å². The molecule has 0 heterocycles. The zero-order valence-electron chi connectivity index (χ0n) is 44.0. The van der Waals surface area contributed by atoms with E-state index in [0.717, 1.165) is 0 Å². The predicted molar refractivity (Wildman–Crippen MR) is 303 cm³/mol. The first kappa shape index (κ1) is 38.9. The molecule has 0 heteroatoms. The van der Waals surface area contributed by atoms with E-state index in [1.807, 2.05) is 0 Å². The number of benzene rings is 15. The minimum Gasteiger partial charge on any atom is -0.0549 e. The van der Waals surface area contributed by atoms with Crippen LogP contribution in [0.5, 0.6) is 0 Å². The molecular formula is C68H60. The Morgan fingerprint density at radius 2 is 0.294 bits per heavy atom. The van der Waals surface area contributed by atoms with Crippen molar-refractivity contribution in [1.82, 2.24) is 0 Å². The molecule has 0 aliphatic heterocycles. The van der Waals surface area contributed by atoms with Gasteiger partial charge in [-0.05, 0) is 367 Å². The smallest absolute Gasteiger partial charge is 0.0000805 e. The highest BCUT2D eigenvalue weighted by Crippen LogP contribution is 2.68. The second kappa shape index (κ2) is 10.6. The average Bonchev–Trinajstić information content (AvgIpc) is 3.44. The number of fused-ring (bicyclic) bond motifs is 1. The Hall–Kier alpha value is -5.98. The Bertz CT molecular complexity index is 5010. The van der Waals surface area contributed by atoms with Gasteiger partial charge in [0.15, 0.2) is 0 Å². The molecule has 1 aliphatic rings. The second-order valence-corrected chi connectivity index (χ2v) is 24.5. The van der Waals surface area contributed by atoms with Crippen LogP contribution in [0.2, 0.25) is 0 Å². The maximum absolute atomic E-state index is 2.62. The molecule has 0 amide bonds. The molecule has 0 saturated heterocycles. The largest absolute Gasteiger partial charge is 0.0549 e. The lowest BCUT2D eigenvalue weighted by Crippen LogP contribution is -2.36. The highest BCUT2D eigenvalue weighted by molar-refractivity contribution is 6.61. The van der Waals surface area contributed by atoms with Gasteiger partial charge in [-0.3, -0.25) is 0 Å². The fourth-order valence-electron chi connectivity index (χ4n) is 18.5. The molecule has 15 aromatic rings. The van der Waals surface area contributed by atoms with Crippen molar-refractivity contribution in [2.24, 2.45) is 0 Å². The summed E-state index contributed by atoms with van der Waals surface area (Å²) in [6, 6.07) is 0. The van der Waals surface area contributed by atoms with E-state index in [1.54, 1.807) is 65.0 Å². The van der Waals surface area contributed by atoms with Crippen LogP contribution in [0.4, 0.5) is 0 Å². The van der Waals surface area contributed by atoms with E-state index in [-0.39, 0.29) is 10.8 Å². The van der Waals surface area contributed by atoms with Gasteiger partial charge in [-0.15, -0.1) is 0 Å². The van der Waals surface area contributed by atoms with Crippen molar-refractivity contribution in [2.75, 3.05) is 0 Å². The molecule has 0 N–H and O–H groups in total. The van der Waals surface area contributed by atoms with Gasteiger partial charge in [0, 0.05) is 5.41 Å². The molecule has 1 aliphatic carbocycles. The standard InChI is InChI=1S/C68H60/c1-21-23(3)37-29(9)41-27(7)28(8)42-32(12)44-34(14)43-30(10)38-24(4)22(2)26(6)40-33(13)46-36(16)65-64-63-55(46)58(49(38)40)52(43)60-53(44)59-51(42)50(41)57-48(37)39(25(21)5)31(11)45-35(15)47(56(62(60)63)61(59)54(45)57)66(64)68(19,20)67(65,17)18/h1-20H3. The molecule has 15 aromatic carbocycles. The number of rotatable bonds is 0. The quantitative estimate of drug-likeness (QED) is 0.105. The van der Waals surface area contributed by atoms with Crippen molar-refractivity contribution in [3.05, 3.63) is 100 Å². The molecule has 0 atom stereocenters. The highest BCUT2D eigenvalue weighted by Gasteiger charge is 2.51. The summed E-state index contributed by atoms with van der Waals surface area (Å²) in [4.78, 5) is 0. The van der Waals surface area contributed by atoms with Gasteiger partial charge in [-0.2, -0.15) is 0 Å².